The minimum absolute atomic E-state index is 0.0654. The van der Waals surface area contributed by atoms with Gasteiger partial charge in [-0.2, -0.15) is 5.10 Å². The molecule has 1 amide bonds. The van der Waals surface area contributed by atoms with E-state index in [-0.39, 0.29) is 22.9 Å². The number of pyridine rings is 1. The number of aryl methyl sites for hydroxylation is 2. The van der Waals surface area contributed by atoms with E-state index in [1.807, 2.05) is 40.7 Å². The molecule has 0 radical (unpaired) electrons. The van der Waals surface area contributed by atoms with Gasteiger partial charge >= 0.3 is 0 Å². The van der Waals surface area contributed by atoms with E-state index in [0.717, 1.165) is 22.6 Å². The first-order valence-corrected chi connectivity index (χ1v) is 12.9. The number of sulfone groups is 1. The van der Waals surface area contributed by atoms with Crippen molar-refractivity contribution in [3.63, 3.8) is 0 Å². The van der Waals surface area contributed by atoms with Crippen LogP contribution in [-0.2, 0) is 9.84 Å². The maximum atomic E-state index is 13.4. The number of fused-ring (bicyclic) bond motifs is 1. The first kappa shape index (κ1) is 23.7. The van der Waals surface area contributed by atoms with Crippen molar-refractivity contribution < 1.29 is 17.6 Å². The third-order valence-corrected chi connectivity index (χ3v) is 6.90. The molecule has 178 valence electrons. The predicted molar refractivity (Wildman–Crippen MR) is 131 cm³/mol. The van der Waals surface area contributed by atoms with E-state index in [0.29, 0.717) is 22.3 Å². The Morgan fingerprint density at radius 3 is 2.32 bits per heavy atom. The quantitative estimate of drug-likeness (QED) is 0.425. The van der Waals surface area contributed by atoms with Crippen LogP contribution in [0.1, 0.15) is 60.3 Å². The monoisotopic (exact) mass is 480 g/mol. The van der Waals surface area contributed by atoms with E-state index in [1.165, 1.54) is 6.26 Å². The van der Waals surface area contributed by atoms with Gasteiger partial charge in [0.15, 0.2) is 15.5 Å². The Kier molecular flexibility index (Phi) is 6.07. The van der Waals surface area contributed by atoms with Gasteiger partial charge in [-0.25, -0.2) is 18.1 Å². The zero-order chi connectivity index (χ0) is 24.8. The molecule has 4 rings (SSSR count). The first-order valence-electron chi connectivity index (χ1n) is 11.0. The van der Waals surface area contributed by atoms with E-state index >= 15 is 0 Å². The van der Waals surface area contributed by atoms with Crippen LogP contribution < -0.4 is 5.32 Å². The Labute approximate surface area is 198 Å². The van der Waals surface area contributed by atoms with Gasteiger partial charge in [0.25, 0.3) is 5.91 Å². The number of benzene rings is 1. The maximum absolute atomic E-state index is 13.4. The van der Waals surface area contributed by atoms with Gasteiger partial charge < -0.3 is 9.73 Å². The van der Waals surface area contributed by atoms with Crippen LogP contribution >= 0.6 is 0 Å². The average Bonchev–Trinajstić information content (AvgIpc) is 3.34. The number of aromatic nitrogens is 3. The molecule has 0 aliphatic heterocycles. The number of hydrogen-bond donors (Lipinski definition) is 1. The summed E-state index contributed by atoms with van der Waals surface area (Å²) in [6.45, 7) is 9.62. The zero-order valence-corrected chi connectivity index (χ0v) is 20.9. The summed E-state index contributed by atoms with van der Waals surface area (Å²) in [6, 6.07) is 9.92. The van der Waals surface area contributed by atoms with Gasteiger partial charge in [-0.15, -0.1) is 0 Å². The van der Waals surface area contributed by atoms with E-state index < -0.39 is 9.84 Å². The molecule has 3 heterocycles. The highest BCUT2D eigenvalue weighted by Gasteiger charge is 2.21. The average molecular weight is 481 g/mol. The fraction of sp³-hybridized carbons (Fsp3) is 0.320. The third kappa shape index (κ3) is 4.48. The molecule has 0 spiro atoms. The van der Waals surface area contributed by atoms with Crippen molar-refractivity contribution in [1.82, 2.24) is 20.1 Å². The zero-order valence-electron chi connectivity index (χ0n) is 20.1. The Hall–Kier alpha value is -3.46. The van der Waals surface area contributed by atoms with Crippen molar-refractivity contribution in [2.24, 2.45) is 0 Å². The van der Waals surface area contributed by atoms with Crippen molar-refractivity contribution in [3.8, 4) is 11.3 Å². The van der Waals surface area contributed by atoms with Gasteiger partial charge in [-0.05, 0) is 64.4 Å². The Bertz CT molecular complexity index is 1480. The smallest absolute Gasteiger partial charge is 0.252 e. The number of carbonyl (C=O) groups excluding carboxylic acids is 1. The number of nitrogens with zero attached hydrogens (tertiary/aromatic N) is 3. The number of rotatable bonds is 6. The second-order valence-electron chi connectivity index (χ2n) is 8.84. The summed E-state index contributed by atoms with van der Waals surface area (Å²) in [5.41, 5.74) is 3.35. The summed E-state index contributed by atoms with van der Waals surface area (Å²) in [6.07, 6.45) is 2.83. The molecule has 4 aromatic rings. The summed E-state index contributed by atoms with van der Waals surface area (Å²) in [5, 5.41) is 8.15. The predicted octanol–water partition coefficient (Wildman–Crippen LogP) is 4.78. The summed E-state index contributed by atoms with van der Waals surface area (Å²) in [5.74, 6) is 1.23. The molecule has 34 heavy (non-hydrogen) atoms. The Morgan fingerprint density at radius 2 is 1.76 bits per heavy atom. The molecule has 1 atom stereocenters. The van der Waals surface area contributed by atoms with Gasteiger partial charge in [0.2, 0.25) is 0 Å². The van der Waals surface area contributed by atoms with Crippen LogP contribution in [0.2, 0.25) is 0 Å². The molecule has 3 aromatic heterocycles. The topological polar surface area (TPSA) is 107 Å². The Balaban J connectivity index is 1.74. The molecule has 1 N–H and O–H groups in total. The lowest BCUT2D eigenvalue weighted by Gasteiger charge is -2.16. The summed E-state index contributed by atoms with van der Waals surface area (Å²) >= 11 is 0. The molecular weight excluding hydrogens is 452 g/mol. The molecule has 0 bridgehead atoms. The van der Waals surface area contributed by atoms with Crippen molar-refractivity contribution >= 4 is 26.8 Å². The van der Waals surface area contributed by atoms with E-state index in [9.17, 15) is 13.2 Å². The summed E-state index contributed by atoms with van der Waals surface area (Å²) in [4.78, 5) is 18.5. The lowest BCUT2D eigenvalue weighted by atomic mass is 10.0. The minimum Gasteiger partial charge on any atom is -0.466 e. The van der Waals surface area contributed by atoms with Gasteiger partial charge in [0.1, 0.15) is 11.5 Å². The van der Waals surface area contributed by atoms with Gasteiger partial charge in [0, 0.05) is 17.9 Å². The minimum atomic E-state index is -3.28. The Morgan fingerprint density at radius 1 is 1.09 bits per heavy atom. The molecule has 0 saturated heterocycles. The second-order valence-corrected chi connectivity index (χ2v) is 10.9. The largest absolute Gasteiger partial charge is 0.466 e. The van der Waals surface area contributed by atoms with Gasteiger partial charge in [-0.1, -0.05) is 12.1 Å². The molecule has 0 fully saturated rings. The molecule has 9 heteroatoms. The van der Waals surface area contributed by atoms with Crippen LogP contribution in [0.5, 0.6) is 0 Å². The van der Waals surface area contributed by atoms with Crippen LogP contribution in [0, 0.1) is 13.8 Å². The highest BCUT2D eigenvalue weighted by atomic mass is 32.2. The normalized spacial score (nSPS) is 12.9. The van der Waals surface area contributed by atoms with E-state index in [1.54, 1.807) is 41.2 Å². The number of amides is 1. The molecule has 0 saturated carbocycles. The fourth-order valence-electron chi connectivity index (χ4n) is 3.97. The lowest BCUT2D eigenvalue weighted by Crippen LogP contribution is -2.27. The molecule has 0 aliphatic rings. The maximum Gasteiger partial charge on any atom is 0.252 e. The van der Waals surface area contributed by atoms with Crippen LogP contribution in [0.25, 0.3) is 22.3 Å². The van der Waals surface area contributed by atoms with E-state index in [4.69, 9.17) is 9.40 Å². The van der Waals surface area contributed by atoms with Crippen molar-refractivity contribution in [2.45, 2.75) is 51.6 Å². The number of hydrogen-bond acceptors (Lipinski definition) is 6. The van der Waals surface area contributed by atoms with Crippen LogP contribution in [-0.4, -0.2) is 35.3 Å². The number of furan rings is 1. The fourth-order valence-corrected chi connectivity index (χ4v) is 4.60. The highest BCUT2D eigenvalue weighted by molar-refractivity contribution is 7.90. The SMILES string of the molecule is Cc1cc(-c2cc(C(=O)NC(C)c3ccc(S(C)(=O)=O)cc3)c3cnn(C(C)C)c3n2)c(C)o1. The van der Waals surface area contributed by atoms with Crippen molar-refractivity contribution in [1.29, 1.82) is 0 Å². The lowest BCUT2D eigenvalue weighted by molar-refractivity contribution is 0.0941. The number of carbonyl (C=O) groups is 1. The highest BCUT2D eigenvalue weighted by Crippen LogP contribution is 2.30. The second kappa shape index (κ2) is 8.72. The van der Waals surface area contributed by atoms with Crippen LogP contribution in [0.4, 0.5) is 0 Å². The van der Waals surface area contributed by atoms with Crippen molar-refractivity contribution in [3.05, 3.63) is 65.2 Å². The van der Waals surface area contributed by atoms with Gasteiger partial charge in [-0.3, -0.25) is 4.79 Å². The standard InChI is InChI=1S/C25H28N4O4S/c1-14(2)29-24-22(13-26-29)21(12-23(28-24)20-11-15(3)33-17(20)5)25(30)27-16(4)18-7-9-19(10-8-18)34(6,31)32/h7-14,16H,1-6H3,(H,27,30). The number of nitrogens with one attached hydrogen (secondary N) is 1. The molecular formula is C25H28N4O4S. The first-order chi connectivity index (χ1) is 16.0. The molecule has 8 nitrogen and oxygen atoms in total. The van der Waals surface area contributed by atoms with E-state index in [2.05, 4.69) is 10.4 Å². The van der Waals surface area contributed by atoms with Crippen molar-refractivity contribution in [2.75, 3.05) is 6.26 Å². The van der Waals surface area contributed by atoms with Gasteiger partial charge in [0.05, 0.1) is 33.8 Å². The summed E-state index contributed by atoms with van der Waals surface area (Å²) < 4.78 is 31.0. The molecule has 0 aliphatic carbocycles. The molecule has 1 aromatic carbocycles. The third-order valence-electron chi connectivity index (χ3n) is 5.77. The van der Waals surface area contributed by atoms with Crippen LogP contribution in [0.3, 0.4) is 0 Å². The van der Waals surface area contributed by atoms with Crippen LogP contribution in [0.15, 0.2) is 51.9 Å². The summed E-state index contributed by atoms with van der Waals surface area (Å²) in [7, 11) is -3.28. The molecule has 1 unspecified atom stereocenters.